The second kappa shape index (κ2) is 3.45. The van der Waals surface area contributed by atoms with Crippen LogP contribution in [-0.4, -0.2) is 15.0 Å². The number of hydrogen-bond donors (Lipinski definition) is 1. The van der Waals surface area contributed by atoms with Gasteiger partial charge in [-0.05, 0) is 18.2 Å². The third-order valence-electron chi connectivity index (χ3n) is 1.67. The average molecular weight is 189 g/mol. The number of nitrogens with zero attached hydrogens (tertiary/aromatic N) is 2. The summed E-state index contributed by atoms with van der Waals surface area (Å²) in [5.74, 6) is 0. The van der Waals surface area contributed by atoms with Gasteiger partial charge < -0.3 is 4.98 Å². The monoisotopic (exact) mass is 189 g/mol. The lowest BCUT2D eigenvalue weighted by Crippen LogP contribution is -1.84. The van der Waals surface area contributed by atoms with E-state index in [1.54, 1.807) is 18.7 Å². The van der Waals surface area contributed by atoms with E-state index in [2.05, 4.69) is 15.0 Å². The first-order valence-corrected chi connectivity index (χ1v) is 4.22. The van der Waals surface area contributed by atoms with Crippen LogP contribution in [0.5, 0.6) is 0 Å². The van der Waals surface area contributed by atoms with Crippen molar-refractivity contribution < 1.29 is 0 Å². The van der Waals surface area contributed by atoms with E-state index < -0.39 is 0 Å². The fraction of sp³-hybridized carbons (Fsp3) is 0. The van der Waals surface area contributed by atoms with Crippen LogP contribution < -0.4 is 0 Å². The molecule has 0 aromatic carbocycles. The van der Waals surface area contributed by atoms with Crippen LogP contribution in [0.25, 0.3) is 11.3 Å². The Labute approximate surface area is 80.5 Å². The Morgan fingerprint density at radius 2 is 2.00 bits per heavy atom. The van der Waals surface area contributed by atoms with E-state index in [9.17, 15) is 0 Å². The minimum Gasteiger partial charge on any atom is -0.346 e. The molecule has 0 saturated carbocycles. The van der Waals surface area contributed by atoms with E-state index in [-0.39, 0.29) is 0 Å². The molecule has 0 saturated heterocycles. The van der Waals surface area contributed by atoms with Gasteiger partial charge in [0.15, 0.2) is 0 Å². The van der Waals surface area contributed by atoms with Gasteiger partial charge >= 0.3 is 0 Å². The highest BCUT2D eigenvalue weighted by Gasteiger charge is 1.95. The number of pyridine rings is 1. The van der Waals surface area contributed by atoms with Crippen molar-refractivity contribution in [3.63, 3.8) is 0 Å². The van der Waals surface area contributed by atoms with E-state index in [0.717, 1.165) is 11.3 Å². The van der Waals surface area contributed by atoms with Crippen molar-refractivity contribution in [3.05, 3.63) is 41.6 Å². The van der Waals surface area contributed by atoms with Crippen molar-refractivity contribution in [2.45, 2.75) is 0 Å². The lowest BCUT2D eigenvalue weighted by Gasteiger charge is -1.98. The van der Waals surface area contributed by atoms with E-state index in [0.29, 0.717) is 4.64 Å². The maximum atomic E-state index is 4.95. The fourth-order valence-electron chi connectivity index (χ4n) is 1.07. The topological polar surface area (TPSA) is 41.6 Å². The van der Waals surface area contributed by atoms with Crippen molar-refractivity contribution in [3.8, 4) is 11.3 Å². The third kappa shape index (κ3) is 1.78. The molecule has 0 aliphatic heterocycles. The summed E-state index contributed by atoms with van der Waals surface area (Å²) in [7, 11) is 0. The summed E-state index contributed by atoms with van der Waals surface area (Å²) in [6, 6.07) is 5.66. The fourth-order valence-corrected chi connectivity index (χ4v) is 1.24. The van der Waals surface area contributed by atoms with Crippen LogP contribution in [-0.2, 0) is 0 Å². The molecule has 0 amide bonds. The van der Waals surface area contributed by atoms with Gasteiger partial charge in [0.1, 0.15) is 4.64 Å². The van der Waals surface area contributed by atoms with Gasteiger partial charge in [0, 0.05) is 23.7 Å². The summed E-state index contributed by atoms with van der Waals surface area (Å²) in [4.78, 5) is 10.9. The summed E-state index contributed by atoms with van der Waals surface area (Å²) < 4.78 is 0.588. The molecule has 0 atom stereocenters. The zero-order chi connectivity index (χ0) is 9.10. The quantitative estimate of drug-likeness (QED) is 0.699. The number of aromatic nitrogens is 3. The summed E-state index contributed by atoms with van der Waals surface area (Å²) >= 11 is 4.95. The normalized spacial score (nSPS) is 9.85. The Morgan fingerprint density at radius 1 is 1.23 bits per heavy atom. The molecule has 0 bridgehead atoms. The lowest BCUT2D eigenvalue weighted by molar-refractivity contribution is 1.15. The summed E-state index contributed by atoms with van der Waals surface area (Å²) in [6.45, 7) is 0. The second-order valence-electron chi connectivity index (χ2n) is 2.53. The van der Waals surface area contributed by atoms with Gasteiger partial charge in [-0.15, -0.1) is 0 Å². The summed E-state index contributed by atoms with van der Waals surface area (Å²) in [5, 5.41) is 0. The first kappa shape index (κ1) is 8.07. The van der Waals surface area contributed by atoms with Crippen LogP contribution >= 0.6 is 12.2 Å². The van der Waals surface area contributed by atoms with Crippen molar-refractivity contribution in [1.29, 1.82) is 0 Å². The maximum Gasteiger partial charge on any atom is 0.130 e. The minimum absolute atomic E-state index is 0.588. The molecule has 1 N–H and O–H groups in total. The van der Waals surface area contributed by atoms with Gasteiger partial charge in [-0.2, -0.15) is 0 Å². The molecule has 2 aromatic rings. The third-order valence-corrected chi connectivity index (χ3v) is 1.89. The van der Waals surface area contributed by atoms with E-state index in [1.807, 2.05) is 18.2 Å². The van der Waals surface area contributed by atoms with Crippen molar-refractivity contribution >= 4 is 12.2 Å². The molecule has 0 fully saturated rings. The summed E-state index contributed by atoms with van der Waals surface area (Å²) in [6.07, 6.45) is 5.08. The van der Waals surface area contributed by atoms with Gasteiger partial charge in [-0.1, -0.05) is 12.2 Å². The zero-order valence-electron chi connectivity index (χ0n) is 6.77. The molecule has 2 rings (SSSR count). The second-order valence-corrected chi connectivity index (χ2v) is 2.95. The number of nitrogens with one attached hydrogen (secondary N) is 1. The van der Waals surface area contributed by atoms with Gasteiger partial charge in [0.25, 0.3) is 0 Å². The molecule has 2 aromatic heterocycles. The van der Waals surface area contributed by atoms with Crippen molar-refractivity contribution in [1.82, 2.24) is 15.0 Å². The van der Waals surface area contributed by atoms with Crippen LogP contribution in [0.1, 0.15) is 0 Å². The van der Waals surface area contributed by atoms with Crippen molar-refractivity contribution in [2.75, 3.05) is 0 Å². The molecule has 2 heterocycles. The Balaban J connectivity index is 2.54. The average Bonchev–Trinajstić information content (AvgIpc) is 2.19. The molecule has 13 heavy (non-hydrogen) atoms. The van der Waals surface area contributed by atoms with Crippen LogP contribution in [0.15, 0.2) is 36.9 Å². The first-order valence-electron chi connectivity index (χ1n) is 3.81. The van der Waals surface area contributed by atoms with Crippen molar-refractivity contribution in [2.24, 2.45) is 0 Å². The molecule has 4 heteroatoms. The molecule has 0 aliphatic carbocycles. The van der Waals surface area contributed by atoms with Crippen LogP contribution in [0.3, 0.4) is 0 Å². The molecule has 0 unspecified atom stereocenters. The van der Waals surface area contributed by atoms with Gasteiger partial charge in [0.2, 0.25) is 0 Å². The highest BCUT2D eigenvalue weighted by atomic mass is 32.1. The van der Waals surface area contributed by atoms with Gasteiger partial charge in [-0.25, -0.2) is 4.98 Å². The highest BCUT2D eigenvalue weighted by molar-refractivity contribution is 7.71. The SMILES string of the molecule is S=c1cc(-c2ccncc2)[nH]cn1. The van der Waals surface area contributed by atoms with Crippen LogP contribution in [0.4, 0.5) is 0 Å². The summed E-state index contributed by atoms with van der Waals surface area (Å²) in [5.41, 5.74) is 2.02. The van der Waals surface area contributed by atoms with Crippen LogP contribution in [0, 0.1) is 4.64 Å². The molecular weight excluding hydrogens is 182 g/mol. The molecule has 64 valence electrons. The number of hydrogen-bond acceptors (Lipinski definition) is 3. The van der Waals surface area contributed by atoms with E-state index in [1.165, 1.54) is 0 Å². The van der Waals surface area contributed by atoms with E-state index in [4.69, 9.17) is 12.2 Å². The number of aromatic amines is 1. The Hall–Kier alpha value is -1.55. The molecule has 0 aliphatic rings. The van der Waals surface area contributed by atoms with Gasteiger partial charge in [0.05, 0.1) is 6.33 Å². The molecule has 0 spiro atoms. The maximum absolute atomic E-state index is 4.95. The molecule has 3 nitrogen and oxygen atoms in total. The Kier molecular flexibility index (Phi) is 2.14. The highest BCUT2D eigenvalue weighted by Crippen LogP contribution is 2.13. The van der Waals surface area contributed by atoms with E-state index >= 15 is 0 Å². The lowest BCUT2D eigenvalue weighted by atomic mass is 10.2. The zero-order valence-corrected chi connectivity index (χ0v) is 7.58. The Morgan fingerprint density at radius 3 is 2.69 bits per heavy atom. The largest absolute Gasteiger partial charge is 0.346 e. The molecular formula is C9H7N3S. The smallest absolute Gasteiger partial charge is 0.130 e. The predicted molar refractivity (Wildman–Crippen MR) is 52.7 cm³/mol. The standard InChI is InChI=1S/C9H7N3S/c13-9-5-8(11-6-12-9)7-1-3-10-4-2-7/h1-6H,(H,11,12,13). The minimum atomic E-state index is 0.588. The predicted octanol–water partition coefficient (Wildman–Crippen LogP) is 2.20. The first-order chi connectivity index (χ1) is 6.36. The molecule has 0 radical (unpaired) electrons. The van der Waals surface area contributed by atoms with Gasteiger partial charge in [-0.3, -0.25) is 4.98 Å². The Bertz CT molecular complexity index is 450. The van der Waals surface area contributed by atoms with Crippen LogP contribution in [0.2, 0.25) is 0 Å². The number of rotatable bonds is 1. The number of H-pyrrole nitrogens is 1.